The highest BCUT2D eigenvalue weighted by Crippen LogP contribution is 2.29. The van der Waals surface area contributed by atoms with Crippen LogP contribution in [0, 0.1) is 5.92 Å². The summed E-state index contributed by atoms with van der Waals surface area (Å²) in [6.07, 6.45) is 5.33. The van der Waals surface area contributed by atoms with E-state index in [0.29, 0.717) is 5.92 Å². The lowest BCUT2D eigenvalue weighted by molar-refractivity contribution is 0.209. The van der Waals surface area contributed by atoms with Crippen LogP contribution in [0.5, 0.6) is 0 Å². The first-order valence-electron chi connectivity index (χ1n) is 6.31. The molecular formula is C12H24N2O2. The molecule has 0 heterocycles. The number of amides is 2. The SMILES string of the molecule is CC(CCCO)NC(=O)NC(C)C1CCC1. The summed E-state index contributed by atoms with van der Waals surface area (Å²) < 4.78 is 0. The van der Waals surface area contributed by atoms with Crippen LogP contribution in [0.2, 0.25) is 0 Å². The topological polar surface area (TPSA) is 61.4 Å². The Bertz CT molecular complexity index is 217. The predicted molar refractivity (Wildman–Crippen MR) is 64.3 cm³/mol. The average Bonchev–Trinajstić information content (AvgIpc) is 2.11. The summed E-state index contributed by atoms with van der Waals surface area (Å²) in [6, 6.07) is 0.323. The third-order valence-corrected chi connectivity index (χ3v) is 3.39. The fourth-order valence-corrected chi connectivity index (χ4v) is 2.00. The van der Waals surface area contributed by atoms with Crippen molar-refractivity contribution in [2.75, 3.05) is 6.61 Å². The molecule has 2 amide bonds. The standard InChI is InChI=1S/C12H24N2O2/c1-9(5-4-8-15)13-12(16)14-10(2)11-6-3-7-11/h9-11,15H,3-8H2,1-2H3,(H2,13,14,16). The summed E-state index contributed by atoms with van der Waals surface area (Å²) in [5.74, 6) is 0.665. The smallest absolute Gasteiger partial charge is 0.315 e. The number of hydrogen-bond acceptors (Lipinski definition) is 2. The summed E-state index contributed by atoms with van der Waals surface area (Å²) in [4.78, 5) is 11.6. The van der Waals surface area contributed by atoms with E-state index in [0.717, 1.165) is 12.8 Å². The number of urea groups is 1. The average molecular weight is 228 g/mol. The van der Waals surface area contributed by atoms with Gasteiger partial charge in [-0.2, -0.15) is 0 Å². The second-order valence-electron chi connectivity index (χ2n) is 4.86. The third kappa shape index (κ3) is 4.39. The van der Waals surface area contributed by atoms with Crippen molar-refractivity contribution in [2.24, 2.45) is 5.92 Å². The summed E-state index contributed by atoms with van der Waals surface area (Å²) >= 11 is 0. The van der Waals surface area contributed by atoms with Gasteiger partial charge in [-0.3, -0.25) is 0 Å². The first-order valence-corrected chi connectivity index (χ1v) is 6.31. The van der Waals surface area contributed by atoms with E-state index in [-0.39, 0.29) is 24.7 Å². The number of carbonyl (C=O) groups is 1. The molecule has 0 aliphatic heterocycles. The number of rotatable bonds is 6. The van der Waals surface area contributed by atoms with Crippen molar-refractivity contribution in [2.45, 2.75) is 58.0 Å². The Morgan fingerprint density at radius 2 is 2.06 bits per heavy atom. The molecular weight excluding hydrogens is 204 g/mol. The summed E-state index contributed by atoms with van der Waals surface area (Å²) in [6.45, 7) is 4.22. The van der Waals surface area contributed by atoms with Crippen molar-refractivity contribution in [3.63, 3.8) is 0 Å². The molecule has 1 aliphatic rings. The second-order valence-corrected chi connectivity index (χ2v) is 4.86. The van der Waals surface area contributed by atoms with Crippen LogP contribution in [0.1, 0.15) is 46.0 Å². The molecule has 0 aromatic carbocycles. The van der Waals surface area contributed by atoms with Crippen LogP contribution in [0.15, 0.2) is 0 Å². The highest BCUT2D eigenvalue weighted by atomic mass is 16.3. The molecule has 1 saturated carbocycles. The largest absolute Gasteiger partial charge is 0.396 e. The van der Waals surface area contributed by atoms with Gasteiger partial charge in [0.05, 0.1) is 0 Å². The van der Waals surface area contributed by atoms with Gasteiger partial charge in [0.2, 0.25) is 0 Å². The number of aliphatic hydroxyl groups excluding tert-OH is 1. The quantitative estimate of drug-likeness (QED) is 0.647. The van der Waals surface area contributed by atoms with E-state index in [9.17, 15) is 4.79 Å². The van der Waals surface area contributed by atoms with Gasteiger partial charge in [-0.05, 0) is 45.4 Å². The molecule has 0 aromatic rings. The van der Waals surface area contributed by atoms with E-state index in [4.69, 9.17) is 5.11 Å². The molecule has 0 saturated heterocycles. The van der Waals surface area contributed by atoms with Gasteiger partial charge < -0.3 is 15.7 Å². The fraction of sp³-hybridized carbons (Fsp3) is 0.917. The highest BCUT2D eigenvalue weighted by molar-refractivity contribution is 5.74. The molecule has 4 heteroatoms. The van der Waals surface area contributed by atoms with E-state index in [1.807, 2.05) is 6.92 Å². The van der Waals surface area contributed by atoms with E-state index in [2.05, 4.69) is 17.6 Å². The minimum atomic E-state index is -0.0789. The zero-order valence-electron chi connectivity index (χ0n) is 10.3. The summed E-state index contributed by atoms with van der Waals surface area (Å²) in [5.41, 5.74) is 0. The van der Waals surface area contributed by atoms with E-state index >= 15 is 0 Å². The van der Waals surface area contributed by atoms with Crippen LogP contribution >= 0.6 is 0 Å². The number of nitrogens with one attached hydrogen (secondary N) is 2. The molecule has 94 valence electrons. The Labute approximate surface area is 97.8 Å². The Balaban J connectivity index is 2.13. The van der Waals surface area contributed by atoms with Gasteiger partial charge >= 0.3 is 6.03 Å². The molecule has 0 aromatic heterocycles. The van der Waals surface area contributed by atoms with Crippen LogP contribution < -0.4 is 10.6 Å². The maximum absolute atomic E-state index is 11.6. The highest BCUT2D eigenvalue weighted by Gasteiger charge is 2.25. The fourth-order valence-electron chi connectivity index (χ4n) is 2.00. The Morgan fingerprint density at radius 3 is 2.56 bits per heavy atom. The molecule has 0 spiro atoms. The Kier molecular flexibility index (Phi) is 5.60. The normalized spacial score (nSPS) is 19.7. The lowest BCUT2D eigenvalue weighted by Crippen LogP contribution is -2.48. The zero-order valence-corrected chi connectivity index (χ0v) is 10.3. The molecule has 3 N–H and O–H groups in total. The molecule has 16 heavy (non-hydrogen) atoms. The van der Waals surface area contributed by atoms with Crippen molar-refractivity contribution in [3.05, 3.63) is 0 Å². The molecule has 1 aliphatic carbocycles. The predicted octanol–water partition coefficient (Wildman–Crippen LogP) is 1.64. The lowest BCUT2D eigenvalue weighted by atomic mass is 9.80. The van der Waals surface area contributed by atoms with Gasteiger partial charge in [0.15, 0.2) is 0 Å². The van der Waals surface area contributed by atoms with E-state index in [1.165, 1.54) is 19.3 Å². The monoisotopic (exact) mass is 228 g/mol. The molecule has 2 unspecified atom stereocenters. The maximum Gasteiger partial charge on any atom is 0.315 e. The first kappa shape index (κ1) is 13.3. The molecule has 1 rings (SSSR count). The van der Waals surface area contributed by atoms with E-state index < -0.39 is 0 Å². The summed E-state index contributed by atoms with van der Waals surface area (Å²) in [7, 11) is 0. The molecule has 0 radical (unpaired) electrons. The van der Waals surface area contributed by atoms with Crippen molar-refractivity contribution in [1.29, 1.82) is 0 Å². The molecule has 2 atom stereocenters. The van der Waals surface area contributed by atoms with Crippen LogP contribution in [0.3, 0.4) is 0 Å². The van der Waals surface area contributed by atoms with E-state index in [1.54, 1.807) is 0 Å². The second kappa shape index (κ2) is 6.74. The minimum absolute atomic E-state index is 0.0789. The number of carbonyl (C=O) groups excluding carboxylic acids is 1. The Hall–Kier alpha value is -0.770. The van der Waals surface area contributed by atoms with Crippen molar-refractivity contribution in [1.82, 2.24) is 10.6 Å². The third-order valence-electron chi connectivity index (χ3n) is 3.39. The Morgan fingerprint density at radius 1 is 1.38 bits per heavy atom. The molecule has 1 fully saturated rings. The van der Waals surface area contributed by atoms with Gasteiger partial charge in [-0.1, -0.05) is 6.42 Å². The van der Waals surface area contributed by atoms with Crippen molar-refractivity contribution < 1.29 is 9.90 Å². The summed E-state index contributed by atoms with van der Waals surface area (Å²) in [5, 5.41) is 14.5. The van der Waals surface area contributed by atoms with Crippen LogP contribution in [0.25, 0.3) is 0 Å². The van der Waals surface area contributed by atoms with Gasteiger partial charge in [-0.25, -0.2) is 4.79 Å². The zero-order chi connectivity index (χ0) is 12.0. The number of hydrogen-bond donors (Lipinski definition) is 3. The van der Waals surface area contributed by atoms with Gasteiger partial charge in [0.25, 0.3) is 0 Å². The first-order chi connectivity index (χ1) is 7.63. The van der Waals surface area contributed by atoms with Gasteiger partial charge in [-0.15, -0.1) is 0 Å². The van der Waals surface area contributed by atoms with Crippen LogP contribution in [-0.4, -0.2) is 29.8 Å². The maximum atomic E-state index is 11.6. The van der Waals surface area contributed by atoms with Crippen molar-refractivity contribution in [3.8, 4) is 0 Å². The van der Waals surface area contributed by atoms with Gasteiger partial charge in [0, 0.05) is 18.7 Å². The van der Waals surface area contributed by atoms with Gasteiger partial charge in [0.1, 0.15) is 0 Å². The molecule has 4 nitrogen and oxygen atoms in total. The van der Waals surface area contributed by atoms with Crippen LogP contribution in [0.4, 0.5) is 4.79 Å². The van der Waals surface area contributed by atoms with Crippen LogP contribution in [-0.2, 0) is 0 Å². The number of aliphatic hydroxyl groups is 1. The molecule has 0 bridgehead atoms. The lowest BCUT2D eigenvalue weighted by Gasteiger charge is -2.32. The van der Waals surface area contributed by atoms with Crippen molar-refractivity contribution >= 4 is 6.03 Å². The minimum Gasteiger partial charge on any atom is -0.396 e.